The van der Waals surface area contributed by atoms with Crippen molar-refractivity contribution < 1.29 is 0 Å². The number of benzene rings is 4. The van der Waals surface area contributed by atoms with E-state index in [-0.39, 0.29) is 0 Å². The summed E-state index contributed by atoms with van der Waals surface area (Å²) in [7, 11) is 0. The quantitative estimate of drug-likeness (QED) is 0.190. The van der Waals surface area contributed by atoms with Gasteiger partial charge in [0.15, 0.2) is 0 Å². The van der Waals surface area contributed by atoms with E-state index < -0.39 is 0 Å². The fourth-order valence-electron chi connectivity index (χ4n) is 6.33. The van der Waals surface area contributed by atoms with Crippen LogP contribution in [0, 0.1) is 6.92 Å². The van der Waals surface area contributed by atoms with Crippen molar-refractivity contribution in [2.75, 3.05) is 4.90 Å². The van der Waals surface area contributed by atoms with Crippen molar-refractivity contribution in [3.63, 3.8) is 0 Å². The van der Waals surface area contributed by atoms with Gasteiger partial charge in [-0.15, -0.1) is 5.73 Å². The Hall–Kier alpha value is -5.04. The number of hydrogen-bond donors (Lipinski definition) is 0. The lowest BCUT2D eigenvalue weighted by Gasteiger charge is -2.23. The Balaban J connectivity index is 0.00000168. The van der Waals surface area contributed by atoms with Crippen LogP contribution in [0.25, 0.3) is 28.7 Å². The monoisotopic (exact) mass is 572 g/mol. The third kappa shape index (κ3) is 5.53. The Morgan fingerprint density at radius 2 is 1.57 bits per heavy atom. The summed E-state index contributed by atoms with van der Waals surface area (Å²) in [5.74, 6) is 0. The fourth-order valence-corrected chi connectivity index (χ4v) is 6.33. The van der Waals surface area contributed by atoms with Crippen LogP contribution in [-0.4, -0.2) is 4.57 Å². The number of fused-ring (bicyclic) bond motifs is 4. The summed E-state index contributed by atoms with van der Waals surface area (Å²) >= 11 is 0. The molecule has 0 N–H and O–H groups in total. The zero-order valence-electron chi connectivity index (χ0n) is 26.2. The average molecular weight is 573 g/mol. The molecule has 218 valence electrons. The smallest absolute Gasteiger partial charge is 0.0541 e. The van der Waals surface area contributed by atoms with E-state index in [0.717, 1.165) is 19.3 Å². The van der Waals surface area contributed by atoms with Gasteiger partial charge in [-0.3, -0.25) is 0 Å². The van der Waals surface area contributed by atoms with Gasteiger partial charge in [-0.2, -0.15) is 0 Å². The molecule has 44 heavy (non-hydrogen) atoms. The highest BCUT2D eigenvalue weighted by atomic mass is 15.2. The molecular formula is C42H40N2. The predicted molar refractivity (Wildman–Crippen MR) is 190 cm³/mol. The minimum atomic E-state index is 0.906. The Morgan fingerprint density at radius 1 is 0.818 bits per heavy atom. The van der Waals surface area contributed by atoms with E-state index >= 15 is 0 Å². The minimum absolute atomic E-state index is 0.906. The first-order valence-corrected chi connectivity index (χ1v) is 15.8. The number of allylic oxidation sites excluding steroid dienone is 5. The standard InChI is InChI=1S/C40H34N2.C2H6/c1-3-4-6-14-34-28-32-13-9-11-17-38(32)41(34)35-25-22-31(29(2)26-35)27-30-20-23-33(24-21-30)42-39-18-8-5-7-15-36(39)37-16-10-12-19-40(37)42;1-2/h3,6-26H,5,27-28H2,1-2H3;1-2H3/b34-14+;. The van der Waals surface area contributed by atoms with E-state index in [1.807, 2.05) is 32.9 Å². The molecule has 0 fully saturated rings. The molecule has 0 saturated carbocycles. The van der Waals surface area contributed by atoms with Crippen LogP contribution >= 0.6 is 0 Å². The van der Waals surface area contributed by atoms with Gasteiger partial charge in [-0.05, 0) is 110 Å². The maximum absolute atomic E-state index is 3.20. The molecule has 0 saturated heterocycles. The first-order valence-electron chi connectivity index (χ1n) is 15.8. The van der Waals surface area contributed by atoms with Gasteiger partial charge in [0, 0.05) is 40.1 Å². The summed E-state index contributed by atoms with van der Waals surface area (Å²) < 4.78 is 2.39. The van der Waals surface area contributed by atoms with Crippen molar-refractivity contribution in [2.45, 2.75) is 47.0 Å². The molecule has 1 aliphatic heterocycles. The van der Waals surface area contributed by atoms with Crippen molar-refractivity contribution in [1.29, 1.82) is 0 Å². The van der Waals surface area contributed by atoms with E-state index in [4.69, 9.17) is 0 Å². The van der Waals surface area contributed by atoms with Crippen molar-refractivity contribution >= 4 is 34.4 Å². The Labute approximate surface area is 262 Å². The number of nitrogens with zero attached hydrogens (tertiary/aromatic N) is 2. The maximum atomic E-state index is 3.20. The van der Waals surface area contributed by atoms with Gasteiger partial charge >= 0.3 is 0 Å². The SMILES string of the molecule is CC.CC=C=C/C=C1\Cc2ccccc2N1c1ccc(Cc2ccc(-n3c4c(c5ccccc53)C=CCC=C4)cc2)c(C)c1. The van der Waals surface area contributed by atoms with Crippen molar-refractivity contribution in [3.8, 4) is 5.69 Å². The van der Waals surface area contributed by atoms with Gasteiger partial charge in [0.25, 0.3) is 0 Å². The molecule has 0 atom stereocenters. The van der Waals surface area contributed by atoms with E-state index in [0.29, 0.717) is 0 Å². The maximum Gasteiger partial charge on any atom is 0.0541 e. The number of para-hydroxylation sites is 2. The topological polar surface area (TPSA) is 8.17 Å². The summed E-state index contributed by atoms with van der Waals surface area (Å²) in [6.07, 6.45) is 18.0. The van der Waals surface area contributed by atoms with Crippen molar-refractivity contribution in [3.05, 3.63) is 166 Å². The van der Waals surface area contributed by atoms with Crippen LogP contribution in [0.15, 0.2) is 133 Å². The fraction of sp³-hybridized carbons (Fsp3) is 0.167. The van der Waals surface area contributed by atoms with Crippen LogP contribution in [0.1, 0.15) is 60.7 Å². The van der Waals surface area contributed by atoms with Gasteiger partial charge in [0.05, 0.1) is 11.2 Å². The molecule has 0 unspecified atom stereocenters. The zero-order valence-corrected chi connectivity index (χ0v) is 26.2. The first-order chi connectivity index (χ1) is 21.7. The number of anilines is 2. The van der Waals surface area contributed by atoms with Crippen LogP contribution in [0.5, 0.6) is 0 Å². The Bertz CT molecular complexity index is 1950. The number of hydrogen-bond acceptors (Lipinski definition) is 1. The second-order valence-corrected chi connectivity index (χ2v) is 11.1. The lowest BCUT2D eigenvalue weighted by Crippen LogP contribution is -2.12. The van der Waals surface area contributed by atoms with Crippen molar-refractivity contribution in [2.24, 2.45) is 0 Å². The van der Waals surface area contributed by atoms with Gasteiger partial charge in [0.1, 0.15) is 0 Å². The molecule has 2 heteroatoms. The van der Waals surface area contributed by atoms with E-state index in [2.05, 4.69) is 143 Å². The molecule has 0 amide bonds. The van der Waals surface area contributed by atoms with Gasteiger partial charge in [-0.1, -0.05) is 86.7 Å². The lowest BCUT2D eigenvalue weighted by molar-refractivity contribution is 1.09. The highest BCUT2D eigenvalue weighted by Crippen LogP contribution is 2.41. The molecule has 4 aromatic carbocycles. The summed E-state index contributed by atoms with van der Waals surface area (Å²) in [6.45, 7) is 8.23. The summed E-state index contributed by atoms with van der Waals surface area (Å²) in [5.41, 5.74) is 17.3. The highest BCUT2D eigenvalue weighted by molar-refractivity contribution is 5.95. The van der Waals surface area contributed by atoms with Crippen LogP contribution in [0.2, 0.25) is 0 Å². The summed E-state index contributed by atoms with van der Waals surface area (Å²) in [4.78, 5) is 2.39. The molecule has 5 aromatic rings. The molecule has 1 aromatic heterocycles. The van der Waals surface area contributed by atoms with E-state index in [1.165, 1.54) is 67.2 Å². The normalized spacial score (nSPS) is 14.0. The molecule has 2 aliphatic rings. The highest BCUT2D eigenvalue weighted by Gasteiger charge is 2.25. The van der Waals surface area contributed by atoms with Crippen LogP contribution in [0.3, 0.4) is 0 Å². The number of aromatic nitrogens is 1. The third-order valence-electron chi connectivity index (χ3n) is 8.39. The van der Waals surface area contributed by atoms with Gasteiger partial charge in [-0.25, -0.2) is 0 Å². The largest absolute Gasteiger partial charge is 0.314 e. The summed E-state index contributed by atoms with van der Waals surface area (Å²) in [5, 5.41) is 1.30. The molecule has 0 spiro atoms. The lowest BCUT2D eigenvalue weighted by atomic mass is 9.99. The first kappa shape index (κ1) is 29.1. The van der Waals surface area contributed by atoms with Gasteiger partial charge < -0.3 is 9.47 Å². The second kappa shape index (κ2) is 13.1. The van der Waals surface area contributed by atoms with Crippen LogP contribution in [0.4, 0.5) is 11.4 Å². The molecule has 0 radical (unpaired) electrons. The average Bonchev–Trinajstić information content (AvgIpc) is 3.47. The number of aryl methyl sites for hydroxylation is 1. The van der Waals surface area contributed by atoms with Gasteiger partial charge in [0.2, 0.25) is 0 Å². The molecular weight excluding hydrogens is 532 g/mol. The Kier molecular flexibility index (Phi) is 8.64. The molecule has 0 bridgehead atoms. The molecule has 7 rings (SSSR count). The van der Waals surface area contributed by atoms with Crippen molar-refractivity contribution in [1.82, 2.24) is 4.57 Å². The van der Waals surface area contributed by atoms with Crippen LogP contribution in [-0.2, 0) is 12.8 Å². The second-order valence-electron chi connectivity index (χ2n) is 11.1. The van der Waals surface area contributed by atoms with E-state index in [1.54, 1.807) is 0 Å². The minimum Gasteiger partial charge on any atom is -0.314 e. The summed E-state index contributed by atoms with van der Waals surface area (Å²) in [6, 6.07) is 33.4. The molecule has 1 aliphatic carbocycles. The third-order valence-corrected chi connectivity index (χ3v) is 8.39. The molecule has 2 heterocycles. The molecule has 2 nitrogen and oxygen atoms in total. The predicted octanol–water partition coefficient (Wildman–Crippen LogP) is 11.3. The number of rotatable bonds is 5. The van der Waals surface area contributed by atoms with Crippen LogP contribution < -0.4 is 4.90 Å². The van der Waals surface area contributed by atoms with E-state index in [9.17, 15) is 0 Å². The Morgan fingerprint density at radius 3 is 2.39 bits per heavy atom. The zero-order chi connectivity index (χ0) is 30.5.